The molecular weight excluding hydrogens is 640 g/mol. The summed E-state index contributed by atoms with van der Waals surface area (Å²) in [6.45, 7) is -0.441. The summed E-state index contributed by atoms with van der Waals surface area (Å²) < 4.78 is 0. The van der Waals surface area contributed by atoms with Gasteiger partial charge in [0.25, 0.3) is 0 Å². The average Bonchev–Trinajstić information content (AvgIpc) is 3.56. The Morgan fingerprint density at radius 1 is 0.837 bits per heavy atom. The summed E-state index contributed by atoms with van der Waals surface area (Å²) in [6, 6.07) is 5.62. The van der Waals surface area contributed by atoms with Crippen LogP contribution in [0.3, 0.4) is 0 Å². The largest absolute Gasteiger partial charge is 0.508 e. The molecule has 4 amide bonds. The molecule has 0 bridgehead atoms. The van der Waals surface area contributed by atoms with Crippen molar-refractivity contribution >= 4 is 35.6 Å². The highest BCUT2D eigenvalue weighted by atomic mass is 16.4. The monoisotopic (exact) mass is 684 g/mol. The number of phenolic OH excluding ortho intramolecular Hbond substituents is 2. The number of carboxylic acids is 1. The Kier molecular flexibility index (Phi) is 14.1. The van der Waals surface area contributed by atoms with Crippen LogP contribution in [0.25, 0.3) is 0 Å². The van der Waals surface area contributed by atoms with Gasteiger partial charge >= 0.3 is 5.97 Å². The third-order valence-electron chi connectivity index (χ3n) is 7.94. The summed E-state index contributed by atoms with van der Waals surface area (Å²) in [5.41, 5.74) is 17.8. The second kappa shape index (κ2) is 18.2. The molecule has 1 aliphatic heterocycles. The molecule has 1 fully saturated rings. The van der Waals surface area contributed by atoms with Gasteiger partial charge in [-0.2, -0.15) is 0 Å². The lowest BCUT2D eigenvalue weighted by atomic mass is 10.0. The second-order valence-corrected chi connectivity index (χ2v) is 11.7. The number of rotatable bonds is 17. The number of carboxylic acid groups (broad SMARTS) is 1. The van der Waals surface area contributed by atoms with Crippen LogP contribution in [0.2, 0.25) is 0 Å². The number of likely N-dealkylation sites (tertiary alicyclic amines) is 1. The van der Waals surface area contributed by atoms with Crippen LogP contribution in [-0.4, -0.2) is 111 Å². The van der Waals surface area contributed by atoms with Gasteiger partial charge < -0.3 is 58.5 Å². The lowest BCUT2D eigenvalue weighted by Gasteiger charge is -2.30. The molecule has 1 saturated heterocycles. The number of hydrogen-bond donors (Lipinski definition) is 10. The fourth-order valence-electron chi connectivity index (χ4n) is 5.30. The molecule has 266 valence electrons. The van der Waals surface area contributed by atoms with Gasteiger partial charge in [0.1, 0.15) is 35.7 Å². The summed E-state index contributed by atoms with van der Waals surface area (Å²) in [7, 11) is 0. The molecule has 0 aromatic heterocycles. The first-order valence-electron chi connectivity index (χ1n) is 15.7. The van der Waals surface area contributed by atoms with Crippen molar-refractivity contribution in [3.05, 3.63) is 59.7 Å². The number of nitrogens with two attached hydrogens (primary N) is 3. The van der Waals surface area contributed by atoms with Crippen LogP contribution >= 0.6 is 0 Å². The number of phenols is 2. The van der Waals surface area contributed by atoms with Crippen molar-refractivity contribution in [2.75, 3.05) is 19.7 Å². The predicted octanol–water partition coefficient (Wildman–Crippen LogP) is -2.21. The van der Waals surface area contributed by atoms with E-state index in [2.05, 4.69) is 20.9 Å². The highest BCUT2D eigenvalue weighted by molar-refractivity contribution is 5.96. The van der Waals surface area contributed by atoms with Crippen LogP contribution in [0.4, 0.5) is 0 Å². The maximum atomic E-state index is 13.9. The van der Waals surface area contributed by atoms with Crippen molar-refractivity contribution in [2.24, 2.45) is 22.2 Å². The molecule has 2 aromatic rings. The Balaban J connectivity index is 1.71. The van der Waals surface area contributed by atoms with E-state index < -0.39 is 66.4 Å². The maximum Gasteiger partial charge on any atom is 0.326 e. The molecule has 17 heteroatoms. The molecule has 0 unspecified atom stereocenters. The standard InChI is InChI=1S/C32H44N8O9/c33-22(3-1-13-36-32(34)35)27(44)37-23(15-18-5-9-20(42)10-6-18)30(47)40-14-2-4-26(40)29(46)39-25(17-41)28(45)38-24(31(48)49)16-19-7-11-21(43)12-8-19/h5-12,22-26,41-43H,1-4,13-17,33H2,(H,37,44)(H,38,45)(H,39,46)(H,48,49)(H4,34,35,36)/t22-,23-,24-,25-,26-/m0/s1. The summed E-state index contributed by atoms with van der Waals surface area (Å²) in [6.07, 6.45) is 1.15. The highest BCUT2D eigenvalue weighted by Gasteiger charge is 2.39. The van der Waals surface area contributed by atoms with Gasteiger partial charge in [0, 0.05) is 25.9 Å². The molecular formula is C32H44N8O9. The Bertz CT molecular complexity index is 1480. The number of carbonyl (C=O) groups excluding carboxylic acids is 4. The SMILES string of the molecule is NC(N)=NCCC[C@H](N)C(=O)N[C@@H](Cc1ccc(O)cc1)C(=O)N1CCC[C@H]1C(=O)N[C@@H](CO)C(=O)N[C@@H](Cc1ccc(O)cc1)C(=O)O. The van der Waals surface area contributed by atoms with Crippen LogP contribution in [0, 0.1) is 0 Å². The molecule has 3 rings (SSSR count). The van der Waals surface area contributed by atoms with Gasteiger partial charge in [-0.25, -0.2) is 4.79 Å². The number of amides is 4. The lowest BCUT2D eigenvalue weighted by Crippen LogP contribution is -2.59. The zero-order chi connectivity index (χ0) is 36.1. The fraction of sp³-hybridized carbons (Fsp3) is 0.438. The maximum absolute atomic E-state index is 13.9. The topological polar surface area (TPSA) is 296 Å². The first-order chi connectivity index (χ1) is 23.3. The lowest BCUT2D eigenvalue weighted by molar-refractivity contribution is -0.143. The van der Waals surface area contributed by atoms with Gasteiger partial charge in [-0.05, 0) is 61.1 Å². The second-order valence-electron chi connectivity index (χ2n) is 11.7. The van der Waals surface area contributed by atoms with Gasteiger partial charge in [0.15, 0.2) is 5.96 Å². The van der Waals surface area contributed by atoms with Gasteiger partial charge in [0.2, 0.25) is 23.6 Å². The average molecular weight is 685 g/mol. The quantitative estimate of drug-likeness (QED) is 0.0482. The van der Waals surface area contributed by atoms with Gasteiger partial charge in [-0.3, -0.25) is 24.2 Å². The fourth-order valence-corrected chi connectivity index (χ4v) is 5.30. The molecule has 5 atom stereocenters. The van der Waals surface area contributed by atoms with Crippen LogP contribution in [0.1, 0.15) is 36.8 Å². The van der Waals surface area contributed by atoms with Crippen LogP contribution in [0.5, 0.6) is 11.5 Å². The Morgan fingerprint density at radius 2 is 1.39 bits per heavy atom. The van der Waals surface area contributed by atoms with E-state index in [0.29, 0.717) is 24.0 Å². The number of benzene rings is 2. The molecule has 0 radical (unpaired) electrons. The van der Waals surface area contributed by atoms with E-state index in [0.717, 1.165) is 0 Å². The third-order valence-corrected chi connectivity index (χ3v) is 7.94. The number of nitrogens with zero attached hydrogens (tertiary/aromatic N) is 2. The molecule has 0 spiro atoms. The van der Waals surface area contributed by atoms with Crippen LogP contribution < -0.4 is 33.2 Å². The highest BCUT2D eigenvalue weighted by Crippen LogP contribution is 2.21. The Hall–Kier alpha value is -5.42. The molecule has 0 saturated carbocycles. The zero-order valence-electron chi connectivity index (χ0n) is 26.8. The Labute approximate surface area is 282 Å². The normalized spacial score (nSPS) is 16.4. The van der Waals surface area contributed by atoms with Crippen molar-refractivity contribution in [2.45, 2.75) is 68.7 Å². The van der Waals surface area contributed by atoms with Gasteiger partial charge in [-0.15, -0.1) is 0 Å². The minimum absolute atomic E-state index is 0.00670. The van der Waals surface area contributed by atoms with Crippen molar-refractivity contribution in [1.29, 1.82) is 0 Å². The number of aromatic hydroxyl groups is 2. The first kappa shape index (κ1) is 38.0. The minimum atomic E-state index is -1.53. The summed E-state index contributed by atoms with van der Waals surface area (Å²) in [5, 5.41) is 46.2. The van der Waals surface area contributed by atoms with E-state index in [1.807, 2.05) is 0 Å². The van der Waals surface area contributed by atoms with E-state index in [-0.39, 0.29) is 56.2 Å². The molecule has 2 aromatic carbocycles. The van der Waals surface area contributed by atoms with Gasteiger partial charge in [0.05, 0.1) is 12.6 Å². The van der Waals surface area contributed by atoms with Crippen molar-refractivity contribution in [1.82, 2.24) is 20.9 Å². The molecule has 1 heterocycles. The third kappa shape index (κ3) is 11.7. The van der Waals surface area contributed by atoms with Crippen molar-refractivity contribution < 1.29 is 44.4 Å². The number of aliphatic hydroxyl groups is 1. The van der Waals surface area contributed by atoms with Crippen LogP contribution in [0.15, 0.2) is 53.5 Å². The van der Waals surface area contributed by atoms with Crippen LogP contribution in [-0.2, 0) is 36.8 Å². The molecule has 49 heavy (non-hydrogen) atoms. The number of aliphatic carboxylic acids is 1. The molecule has 1 aliphatic rings. The molecule has 0 aliphatic carbocycles. The number of guanidine groups is 1. The van der Waals surface area contributed by atoms with E-state index in [1.54, 1.807) is 12.1 Å². The summed E-state index contributed by atoms with van der Waals surface area (Å²) in [4.78, 5) is 70.4. The molecule has 13 N–H and O–H groups in total. The van der Waals surface area contributed by atoms with Crippen molar-refractivity contribution in [3.8, 4) is 11.5 Å². The number of hydrogen-bond acceptors (Lipinski definition) is 10. The van der Waals surface area contributed by atoms with Crippen molar-refractivity contribution in [3.63, 3.8) is 0 Å². The number of nitrogens with one attached hydrogen (secondary N) is 3. The summed E-state index contributed by atoms with van der Waals surface area (Å²) >= 11 is 0. The predicted molar refractivity (Wildman–Crippen MR) is 177 cm³/mol. The number of carbonyl (C=O) groups is 5. The molecule has 17 nitrogen and oxygen atoms in total. The van der Waals surface area contributed by atoms with E-state index in [9.17, 15) is 44.4 Å². The minimum Gasteiger partial charge on any atom is -0.508 e. The number of aliphatic imine (C=N–C) groups is 1. The Morgan fingerprint density at radius 3 is 1.92 bits per heavy atom. The van der Waals surface area contributed by atoms with Gasteiger partial charge in [-0.1, -0.05) is 24.3 Å². The summed E-state index contributed by atoms with van der Waals surface area (Å²) in [5.74, 6) is -4.37. The number of aliphatic hydroxyl groups excluding tert-OH is 1. The smallest absolute Gasteiger partial charge is 0.326 e. The van der Waals surface area contributed by atoms with E-state index in [4.69, 9.17) is 17.2 Å². The van der Waals surface area contributed by atoms with E-state index >= 15 is 0 Å². The first-order valence-corrected chi connectivity index (χ1v) is 15.7. The van der Waals surface area contributed by atoms with E-state index in [1.165, 1.54) is 41.3 Å². The zero-order valence-corrected chi connectivity index (χ0v) is 26.8.